The van der Waals surface area contributed by atoms with E-state index in [0.717, 1.165) is 5.69 Å². The fourth-order valence-electron chi connectivity index (χ4n) is 3.09. The van der Waals surface area contributed by atoms with Gasteiger partial charge in [0.05, 0.1) is 24.4 Å². The Labute approximate surface area is 171 Å². The number of aromatic nitrogens is 1. The maximum Gasteiger partial charge on any atom is 0.336 e. The summed E-state index contributed by atoms with van der Waals surface area (Å²) in [6, 6.07) is 5.67. The summed E-state index contributed by atoms with van der Waals surface area (Å²) in [5, 5.41) is 3.13. The van der Waals surface area contributed by atoms with Crippen molar-refractivity contribution in [3.63, 3.8) is 0 Å². The normalized spacial score (nSPS) is 14.5. The molecule has 0 bridgehead atoms. The van der Waals surface area contributed by atoms with Gasteiger partial charge in [-0.05, 0) is 27.7 Å². The number of rotatable bonds is 5. The van der Waals surface area contributed by atoms with Gasteiger partial charge < -0.3 is 38.8 Å². The third-order valence-corrected chi connectivity index (χ3v) is 4.14. The van der Waals surface area contributed by atoms with Crippen molar-refractivity contribution in [2.24, 2.45) is 7.05 Å². The van der Waals surface area contributed by atoms with Crippen LogP contribution in [0.4, 0.5) is 0 Å². The van der Waals surface area contributed by atoms with Crippen molar-refractivity contribution < 1.29 is 47.6 Å². The van der Waals surface area contributed by atoms with Gasteiger partial charge in [-0.25, -0.2) is 14.2 Å². The van der Waals surface area contributed by atoms with E-state index in [4.69, 9.17) is 9.47 Å². The molecule has 0 radical (unpaired) electrons. The van der Waals surface area contributed by atoms with E-state index < -0.39 is 17.9 Å². The maximum atomic E-state index is 12.6. The molecule has 1 aliphatic rings. The first-order valence-corrected chi connectivity index (χ1v) is 8.39. The van der Waals surface area contributed by atoms with Gasteiger partial charge in [0.1, 0.15) is 13.0 Å². The Bertz CT molecular complexity index is 716. The minimum atomic E-state index is -0.550. The van der Waals surface area contributed by atoms with Crippen LogP contribution in [0, 0.1) is 0 Å². The highest BCUT2D eigenvalue weighted by Gasteiger charge is 2.41. The van der Waals surface area contributed by atoms with Gasteiger partial charge in [-0.2, -0.15) is 0 Å². The molecule has 0 amide bonds. The molecule has 1 aromatic rings. The second-order valence-corrected chi connectivity index (χ2v) is 5.81. The molecule has 0 aromatic carbocycles. The van der Waals surface area contributed by atoms with E-state index in [-0.39, 0.29) is 37.2 Å². The second-order valence-electron chi connectivity index (χ2n) is 5.81. The predicted octanol–water partition coefficient (Wildman–Crippen LogP) is -1.12. The van der Waals surface area contributed by atoms with Crippen LogP contribution in [0.2, 0.25) is 0 Å². The number of nitrogens with one attached hydrogen (secondary N) is 1. The predicted molar refractivity (Wildman–Crippen MR) is 92.2 cm³/mol. The fourth-order valence-corrected chi connectivity index (χ4v) is 3.09. The van der Waals surface area contributed by atoms with E-state index >= 15 is 0 Å². The van der Waals surface area contributed by atoms with Crippen molar-refractivity contribution in [3.05, 3.63) is 52.6 Å². The van der Waals surface area contributed by atoms with Crippen molar-refractivity contribution in [3.8, 4) is 0 Å². The first-order chi connectivity index (χ1) is 11.9. The van der Waals surface area contributed by atoms with E-state index in [1.165, 1.54) is 0 Å². The van der Waals surface area contributed by atoms with Crippen molar-refractivity contribution in [1.29, 1.82) is 0 Å². The smallest absolute Gasteiger partial charge is 0.336 e. The first-order valence-electron chi connectivity index (χ1n) is 8.39. The largest absolute Gasteiger partial charge is 1.00 e. The third-order valence-electron chi connectivity index (χ3n) is 4.14. The molecule has 0 spiro atoms. The average molecular weight is 472 g/mol. The Hall–Kier alpha value is -1.90. The summed E-state index contributed by atoms with van der Waals surface area (Å²) in [7, 11) is 1.88. The number of dihydropyridines is 1. The van der Waals surface area contributed by atoms with Crippen LogP contribution < -0.4 is 33.9 Å². The van der Waals surface area contributed by atoms with Crippen LogP contribution in [0.25, 0.3) is 0 Å². The van der Waals surface area contributed by atoms with Crippen LogP contribution in [-0.2, 0) is 26.1 Å². The van der Waals surface area contributed by atoms with E-state index in [1.807, 2.05) is 49.9 Å². The van der Waals surface area contributed by atoms with E-state index in [1.54, 1.807) is 13.8 Å². The second kappa shape index (κ2) is 9.70. The number of hydrogen-bond acceptors (Lipinski definition) is 5. The zero-order chi connectivity index (χ0) is 18.6. The van der Waals surface area contributed by atoms with Crippen LogP contribution in [0.5, 0.6) is 0 Å². The number of aryl methyl sites for hydroxylation is 1. The molecule has 0 fully saturated rings. The highest BCUT2D eigenvalue weighted by Crippen LogP contribution is 2.37. The minimum absolute atomic E-state index is 0. The van der Waals surface area contributed by atoms with Crippen LogP contribution >= 0.6 is 0 Å². The number of hydrogen-bond donors (Lipinski definition) is 1. The lowest BCUT2D eigenvalue weighted by molar-refractivity contribution is -0.679. The SMILES string of the molecule is CCOC(=O)C1=C(C)NC(C)=C(C(=O)OCC)C1c1cccc[n+]1C.[I-]. The first kappa shape index (κ1) is 22.1. The molecule has 0 aliphatic carbocycles. The summed E-state index contributed by atoms with van der Waals surface area (Å²) < 4.78 is 12.4. The molecule has 1 aliphatic heterocycles. The molecule has 26 heavy (non-hydrogen) atoms. The van der Waals surface area contributed by atoms with Gasteiger partial charge >= 0.3 is 11.9 Å². The third kappa shape index (κ3) is 4.44. The van der Waals surface area contributed by atoms with E-state index in [9.17, 15) is 9.59 Å². The van der Waals surface area contributed by atoms with Crippen LogP contribution in [0.1, 0.15) is 39.3 Å². The maximum absolute atomic E-state index is 12.6. The van der Waals surface area contributed by atoms with Gasteiger partial charge in [-0.1, -0.05) is 6.07 Å². The summed E-state index contributed by atoms with van der Waals surface area (Å²) in [5.41, 5.74) is 3.03. The van der Waals surface area contributed by atoms with Crippen LogP contribution in [-0.4, -0.2) is 25.2 Å². The number of pyridine rings is 1. The summed E-state index contributed by atoms with van der Waals surface area (Å²) in [6.07, 6.45) is 1.88. The number of allylic oxidation sites excluding steroid dienone is 2. The molecular formula is C19H25IN2O4. The van der Waals surface area contributed by atoms with E-state index in [2.05, 4.69) is 5.32 Å². The average Bonchev–Trinajstić information content (AvgIpc) is 2.54. The number of nitrogens with zero attached hydrogens (tertiary/aromatic N) is 1. The highest BCUT2D eigenvalue weighted by atomic mass is 127. The number of carbonyl (C=O) groups excluding carboxylic acids is 2. The quantitative estimate of drug-likeness (QED) is 0.334. The molecule has 7 heteroatoms. The Morgan fingerprint density at radius 1 is 1.04 bits per heavy atom. The topological polar surface area (TPSA) is 68.5 Å². The highest BCUT2D eigenvalue weighted by molar-refractivity contribution is 5.99. The summed E-state index contributed by atoms with van der Waals surface area (Å²) in [4.78, 5) is 25.3. The van der Waals surface area contributed by atoms with Crippen LogP contribution in [0.15, 0.2) is 46.9 Å². The van der Waals surface area contributed by atoms with Gasteiger partial charge in [0.25, 0.3) is 0 Å². The lowest BCUT2D eigenvalue weighted by Gasteiger charge is -2.28. The Kier molecular flexibility index (Phi) is 8.26. The standard InChI is InChI=1S/C19H24N2O4.HI/c1-6-24-18(22)15-12(3)20-13(4)16(19(23)25-7-2)17(15)14-10-8-9-11-21(14)5;/h8-11,17H,6-7H2,1-5H3;1H. The van der Waals surface area contributed by atoms with Crippen LogP contribution in [0.3, 0.4) is 0 Å². The zero-order valence-electron chi connectivity index (χ0n) is 15.8. The Morgan fingerprint density at radius 3 is 1.96 bits per heavy atom. The fraction of sp³-hybridized carbons (Fsp3) is 0.421. The Balaban J connectivity index is 0.00000338. The number of halogens is 1. The molecule has 1 aromatic heterocycles. The van der Waals surface area contributed by atoms with Gasteiger partial charge in [0.2, 0.25) is 0 Å². The van der Waals surface area contributed by atoms with Crippen molar-refractivity contribution in [2.75, 3.05) is 13.2 Å². The molecule has 0 unspecified atom stereocenters. The molecule has 0 saturated heterocycles. The number of carbonyl (C=O) groups is 2. The van der Waals surface area contributed by atoms with Gasteiger partial charge in [0.15, 0.2) is 11.9 Å². The molecule has 1 N–H and O–H groups in total. The Morgan fingerprint density at radius 2 is 1.54 bits per heavy atom. The lowest BCUT2D eigenvalue weighted by Crippen LogP contribution is -3.00. The molecule has 0 saturated carbocycles. The molecule has 142 valence electrons. The van der Waals surface area contributed by atoms with Crippen molar-refractivity contribution >= 4 is 11.9 Å². The van der Waals surface area contributed by atoms with Crippen molar-refractivity contribution in [2.45, 2.75) is 33.6 Å². The lowest BCUT2D eigenvalue weighted by atomic mass is 9.82. The van der Waals surface area contributed by atoms with Gasteiger partial charge in [0, 0.05) is 23.5 Å². The summed E-state index contributed by atoms with van der Waals surface area (Å²) in [5.74, 6) is -1.42. The van der Waals surface area contributed by atoms with E-state index in [0.29, 0.717) is 22.5 Å². The number of esters is 2. The monoisotopic (exact) mass is 472 g/mol. The molecule has 0 atom stereocenters. The summed E-state index contributed by atoms with van der Waals surface area (Å²) >= 11 is 0. The minimum Gasteiger partial charge on any atom is -1.00 e. The molecular weight excluding hydrogens is 447 g/mol. The number of ether oxygens (including phenoxy) is 2. The van der Waals surface area contributed by atoms with Gasteiger partial charge in [-0.15, -0.1) is 0 Å². The van der Waals surface area contributed by atoms with Gasteiger partial charge in [-0.3, -0.25) is 0 Å². The van der Waals surface area contributed by atoms with Crippen molar-refractivity contribution in [1.82, 2.24) is 5.32 Å². The molecule has 2 heterocycles. The molecule has 2 rings (SSSR count). The summed E-state index contributed by atoms with van der Waals surface area (Å²) in [6.45, 7) is 7.67. The zero-order valence-corrected chi connectivity index (χ0v) is 17.9. The molecule has 6 nitrogen and oxygen atoms in total.